The van der Waals surface area contributed by atoms with Gasteiger partial charge in [-0.25, -0.2) is 8.42 Å². The van der Waals surface area contributed by atoms with Crippen LogP contribution in [0.5, 0.6) is 5.75 Å². The quantitative estimate of drug-likeness (QED) is 0.800. The van der Waals surface area contributed by atoms with Gasteiger partial charge in [-0.3, -0.25) is 4.79 Å². The summed E-state index contributed by atoms with van der Waals surface area (Å²) < 4.78 is 32.8. The number of amides is 1. The van der Waals surface area contributed by atoms with E-state index in [2.05, 4.69) is 5.32 Å². The molecule has 0 saturated carbocycles. The number of carbonyl (C=O) groups excluding carboxylic acids is 1. The number of anilines is 1. The SMILES string of the molecule is C[C@H](Oc1ccccc1)C(=O)Nc1ccc(S(=O)(=O)N2CCCCCC2)cc1. The van der Waals surface area contributed by atoms with E-state index in [4.69, 9.17) is 4.74 Å². The third kappa shape index (κ3) is 5.11. The first-order chi connectivity index (χ1) is 13.5. The molecule has 1 atom stereocenters. The van der Waals surface area contributed by atoms with Crippen LogP contribution in [0.15, 0.2) is 59.5 Å². The number of rotatable bonds is 6. The maximum atomic E-state index is 12.8. The highest BCUT2D eigenvalue weighted by molar-refractivity contribution is 7.89. The van der Waals surface area contributed by atoms with E-state index in [1.807, 2.05) is 18.2 Å². The van der Waals surface area contributed by atoms with Gasteiger partial charge >= 0.3 is 0 Å². The molecule has 1 N–H and O–H groups in total. The van der Waals surface area contributed by atoms with Crippen LogP contribution < -0.4 is 10.1 Å². The maximum Gasteiger partial charge on any atom is 0.265 e. The van der Waals surface area contributed by atoms with E-state index in [1.54, 1.807) is 47.6 Å². The van der Waals surface area contributed by atoms with Crippen LogP contribution in [0.1, 0.15) is 32.6 Å². The monoisotopic (exact) mass is 402 g/mol. The number of nitrogens with zero attached hydrogens (tertiary/aromatic N) is 1. The second-order valence-electron chi connectivity index (χ2n) is 6.91. The molecule has 7 heteroatoms. The molecule has 0 radical (unpaired) electrons. The van der Waals surface area contributed by atoms with E-state index in [0.717, 1.165) is 25.7 Å². The maximum absolute atomic E-state index is 12.8. The summed E-state index contributed by atoms with van der Waals surface area (Å²) in [4.78, 5) is 12.6. The smallest absolute Gasteiger partial charge is 0.265 e. The lowest BCUT2D eigenvalue weighted by atomic mass is 10.2. The van der Waals surface area contributed by atoms with Gasteiger partial charge in [-0.2, -0.15) is 4.31 Å². The summed E-state index contributed by atoms with van der Waals surface area (Å²) in [6, 6.07) is 15.4. The van der Waals surface area contributed by atoms with Crippen molar-refractivity contribution in [2.75, 3.05) is 18.4 Å². The van der Waals surface area contributed by atoms with Crippen molar-refractivity contribution in [3.63, 3.8) is 0 Å². The summed E-state index contributed by atoms with van der Waals surface area (Å²) in [6.45, 7) is 2.80. The minimum Gasteiger partial charge on any atom is -0.481 e. The van der Waals surface area contributed by atoms with Crippen molar-refractivity contribution in [1.82, 2.24) is 4.31 Å². The first kappa shape index (κ1) is 20.4. The van der Waals surface area contributed by atoms with E-state index in [-0.39, 0.29) is 10.8 Å². The molecule has 0 unspecified atom stereocenters. The molecule has 2 aromatic rings. The molecular formula is C21H26N2O4S. The van der Waals surface area contributed by atoms with Gasteiger partial charge in [0.05, 0.1) is 4.90 Å². The fourth-order valence-corrected chi connectivity index (χ4v) is 4.66. The van der Waals surface area contributed by atoms with Crippen molar-refractivity contribution >= 4 is 21.6 Å². The minimum atomic E-state index is -3.49. The molecule has 0 aromatic heterocycles. The highest BCUT2D eigenvalue weighted by Gasteiger charge is 2.25. The Morgan fingerprint density at radius 2 is 1.57 bits per heavy atom. The van der Waals surface area contributed by atoms with Gasteiger partial charge in [0, 0.05) is 18.8 Å². The second kappa shape index (κ2) is 9.21. The Bertz CT molecular complexity index is 874. The number of para-hydroxylation sites is 1. The van der Waals surface area contributed by atoms with Crippen LogP contribution in [-0.2, 0) is 14.8 Å². The van der Waals surface area contributed by atoms with Crippen molar-refractivity contribution < 1.29 is 17.9 Å². The van der Waals surface area contributed by atoms with E-state index in [9.17, 15) is 13.2 Å². The van der Waals surface area contributed by atoms with E-state index in [0.29, 0.717) is 24.5 Å². The molecule has 1 fully saturated rings. The first-order valence-electron chi connectivity index (χ1n) is 9.59. The van der Waals surface area contributed by atoms with E-state index < -0.39 is 16.1 Å². The Kier molecular flexibility index (Phi) is 6.70. The van der Waals surface area contributed by atoms with Crippen molar-refractivity contribution in [2.24, 2.45) is 0 Å². The lowest BCUT2D eigenvalue weighted by Gasteiger charge is -2.20. The van der Waals surface area contributed by atoms with Crippen LogP contribution in [0.25, 0.3) is 0 Å². The molecule has 6 nitrogen and oxygen atoms in total. The predicted octanol–water partition coefficient (Wildman–Crippen LogP) is 3.66. The highest BCUT2D eigenvalue weighted by atomic mass is 32.2. The molecule has 1 heterocycles. The normalized spacial score (nSPS) is 16.8. The number of benzene rings is 2. The summed E-state index contributed by atoms with van der Waals surface area (Å²) in [5.41, 5.74) is 0.531. The fourth-order valence-electron chi connectivity index (χ4n) is 3.14. The Labute approximate surface area is 166 Å². The molecule has 3 rings (SSSR count). The van der Waals surface area contributed by atoms with Gasteiger partial charge in [0.2, 0.25) is 10.0 Å². The first-order valence-corrected chi connectivity index (χ1v) is 11.0. The topological polar surface area (TPSA) is 75.7 Å². The molecule has 1 amide bonds. The molecule has 150 valence electrons. The van der Waals surface area contributed by atoms with Gasteiger partial charge < -0.3 is 10.1 Å². The molecule has 1 aliphatic heterocycles. The molecule has 0 bridgehead atoms. The van der Waals surface area contributed by atoms with Crippen molar-refractivity contribution in [3.8, 4) is 5.75 Å². The third-order valence-electron chi connectivity index (χ3n) is 4.75. The summed E-state index contributed by atoms with van der Waals surface area (Å²) in [6.07, 6.45) is 3.25. The summed E-state index contributed by atoms with van der Waals surface area (Å²) in [7, 11) is -3.49. The predicted molar refractivity (Wildman–Crippen MR) is 109 cm³/mol. The van der Waals surface area contributed by atoms with Crippen molar-refractivity contribution in [3.05, 3.63) is 54.6 Å². The Morgan fingerprint density at radius 1 is 0.964 bits per heavy atom. The van der Waals surface area contributed by atoms with Crippen LogP contribution in [0.3, 0.4) is 0 Å². The summed E-state index contributed by atoms with van der Waals surface area (Å²) in [5.74, 6) is 0.316. The van der Waals surface area contributed by atoms with Crippen molar-refractivity contribution in [1.29, 1.82) is 0 Å². The van der Waals surface area contributed by atoms with Gasteiger partial charge in [0.1, 0.15) is 5.75 Å². The number of hydrogen-bond acceptors (Lipinski definition) is 4. The summed E-state index contributed by atoms with van der Waals surface area (Å²) in [5, 5.41) is 2.76. The zero-order valence-corrected chi connectivity index (χ0v) is 16.8. The van der Waals surface area contributed by atoms with Gasteiger partial charge in [-0.05, 0) is 56.2 Å². The van der Waals surface area contributed by atoms with E-state index >= 15 is 0 Å². The summed E-state index contributed by atoms with van der Waals surface area (Å²) >= 11 is 0. The largest absolute Gasteiger partial charge is 0.481 e. The molecule has 1 aliphatic rings. The molecule has 0 aliphatic carbocycles. The molecule has 1 saturated heterocycles. The number of nitrogens with one attached hydrogen (secondary N) is 1. The Morgan fingerprint density at radius 3 is 2.18 bits per heavy atom. The van der Waals surface area contributed by atoms with Crippen LogP contribution in [0, 0.1) is 0 Å². The van der Waals surface area contributed by atoms with E-state index in [1.165, 1.54) is 0 Å². The van der Waals surface area contributed by atoms with Crippen LogP contribution in [0.4, 0.5) is 5.69 Å². The van der Waals surface area contributed by atoms with Crippen molar-refractivity contribution in [2.45, 2.75) is 43.6 Å². The third-order valence-corrected chi connectivity index (χ3v) is 6.66. The second-order valence-corrected chi connectivity index (χ2v) is 8.84. The zero-order valence-electron chi connectivity index (χ0n) is 16.0. The highest BCUT2D eigenvalue weighted by Crippen LogP contribution is 2.22. The van der Waals surface area contributed by atoms with Crippen LogP contribution in [-0.4, -0.2) is 37.8 Å². The van der Waals surface area contributed by atoms with Gasteiger partial charge in [0.25, 0.3) is 5.91 Å². The lowest BCUT2D eigenvalue weighted by molar-refractivity contribution is -0.122. The van der Waals surface area contributed by atoms with Gasteiger partial charge in [-0.15, -0.1) is 0 Å². The number of carbonyl (C=O) groups is 1. The number of sulfonamides is 1. The fraction of sp³-hybridized carbons (Fsp3) is 0.381. The number of ether oxygens (including phenoxy) is 1. The van der Waals surface area contributed by atoms with Crippen LogP contribution >= 0.6 is 0 Å². The molecular weight excluding hydrogens is 376 g/mol. The number of hydrogen-bond donors (Lipinski definition) is 1. The average molecular weight is 403 g/mol. The Hall–Kier alpha value is -2.38. The van der Waals surface area contributed by atoms with Gasteiger partial charge in [0.15, 0.2) is 6.10 Å². The molecule has 0 spiro atoms. The van der Waals surface area contributed by atoms with Crippen LogP contribution in [0.2, 0.25) is 0 Å². The lowest BCUT2D eigenvalue weighted by Crippen LogP contribution is -2.32. The van der Waals surface area contributed by atoms with Gasteiger partial charge in [-0.1, -0.05) is 31.0 Å². The average Bonchev–Trinajstić information content (AvgIpc) is 2.99. The molecule has 28 heavy (non-hydrogen) atoms. The molecule has 2 aromatic carbocycles. The standard InChI is InChI=1S/C21H26N2O4S/c1-17(27-19-9-5-4-6-10-19)21(24)22-18-11-13-20(14-12-18)28(25,26)23-15-7-2-3-8-16-23/h4-6,9-14,17H,2-3,7-8,15-16H2,1H3,(H,22,24)/t17-/m0/s1. The zero-order chi connectivity index (χ0) is 20.0. The minimum absolute atomic E-state index is 0.251. The Balaban J connectivity index is 1.62.